The van der Waals surface area contributed by atoms with Crippen molar-refractivity contribution in [3.63, 3.8) is 0 Å². The van der Waals surface area contributed by atoms with Gasteiger partial charge in [0.1, 0.15) is 0 Å². The van der Waals surface area contributed by atoms with Crippen molar-refractivity contribution in [3.8, 4) is 0 Å². The zero-order valence-electron chi connectivity index (χ0n) is 17.9. The van der Waals surface area contributed by atoms with Gasteiger partial charge in [0.2, 0.25) is 10.0 Å². The molecule has 162 valence electrons. The van der Waals surface area contributed by atoms with Crippen LogP contribution in [0.3, 0.4) is 0 Å². The Labute approximate surface area is 179 Å². The summed E-state index contributed by atoms with van der Waals surface area (Å²) in [6.07, 6.45) is 2.25. The van der Waals surface area contributed by atoms with E-state index in [2.05, 4.69) is 14.9 Å². The lowest BCUT2D eigenvalue weighted by atomic mass is 10.0. The van der Waals surface area contributed by atoms with E-state index in [1.165, 1.54) is 0 Å². The van der Waals surface area contributed by atoms with Crippen LogP contribution in [0.15, 0.2) is 53.4 Å². The summed E-state index contributed by atoms with van der Waals surface area (Å²) in [5.74, 6) is -0.0675. The molecule has 0 spiro atoms. The molecular weight excluding hydrogens is 398 g/mol. The van der Waals surface area contributed by atoms with Gasteiger partial charge in [-0.2, -0.15) is 0 Å². The zero-order chi connectivity index (χ0) is 21.7. The molecule has 1 saturated heterocycles. The van der Waals surface area contributed by atoms with E-state index in [1.807, 2.05) is 45.0 Å². The Balaban J connectivity index is 1.65. The van der Waals surface area contributed by atoms with Gasteiger partial charge in [-0.3, -0.25) is 4.79 Å². The highest BCUT2D eigenvalue weighted by molar-refractivity contribution is 7.89. The largest absolute Gasteiger partial charge is 0.371 e. The van der Waals surface area contributed by atoms with Crippen LogP contribution >= 0.6 is 0 Å². The maximum atomic E-state index is 12.7. The van der Waals surface area contributed by atoms with Crippen LogP contribution in [0.2, 0.25) is 0 Å². The molecule has 3 rings (SSSR count). The second kappa shape index (κ2) is 9.62. The van der Waals surface area contributed by atoms with E-state index in [9.17, 15) is 13.2 Å². The number of carbonyl (C=O) groups is 1. The summed E-state index contributed by atoms with van der Waals surface area (Å²) in [5, 5.41) is 3.03. The number of aryl methyl sites for hydroxylation is 1. The van der Waals surface area contributed by atoms with E-state index in [1.54, 1.807) is 24.3 Å². The average molecular weight is 430 g/mol. The number of carbonyl (C=O) groups excluding carboxylic acids is 1. The fraction of sp³-hybridized carbons (Fsp3) is 0.435. The number of hydrogen-bond acceptors (Lipinski definition) is 4. The minimum atomic E-state index is -3.53. The van der Waals surface area contributed by atoms with Crippen molar-refractivity contribution in [1.29, 1.82) is 0 Å². The number of piperidine rings is 1. The van der Waals surface area contributed by atoms with Crippen molar-refractivity contribution in [2.75, 3.05) is 18.0 Å². The summed E-state index contributed by atoms with van der Waals surface area (Å²) >= 11 is 0. The van der Waals surface area contributed by atoms with Crippen LogP contribution in [0.25, 0.3) is 0 Å². The molecule has 0 saturated carbocycles. The first kappa shape index (κ1) is 22.3. The molecule has 1 unspecified atom stereocenters. The minimum absolute atomic E-state index is 0.0675. The van der Waals surface area contributed by atoms with E-state index < -0.39 is 10.0 Å². The topological polar surface area (TPSA) is 78.5 Å². The molecule has 1 atom stereocenters. The SMILES string of the molecule is CCC(C)NC(=O)c1ccccc1N1CCC(NS(=O)(=O)c2ccc(C)cc2)CC1. The Hall–Kier alpha value is -2.38. The number of rotatable bonds is 7. The van der Waals surface area contributed by atoms with Crippen LogP contribution in [-0.2, 0) is 10.0 Å². The zero-order valence-corrected chi connectivity index (χ0v) is 18.7. The molecule has 0 aliphatic carbocycles. The van der Waals surface area contributed by atoms with Crippen molar-refractivity contribution in [1.82, 2.24) is 10.0 Å². The summed E-state index contributed by atoms with van der Waals surface area (Å²) in [7, 11) is -3.53. The lowest BCUT2D eigenvalue weighted by Crippen LogP contribution is -2.45. The Morgan fingerprint density at radius 2 is 1.73 bits per heavy atom. The van der Waals surface area contributed by atoms with Crippen LogP contribution < -0.4 is 14.9 Å². The Bertz CT molecular complexity index is 965. The molecule has 1 fully saturated rings. The molecule has 2 aromatic rings. The number of benzene rings is 2. The van der Waals surface area contributed by atoms with Crippen LogP contribution in [0.5, 0.6) is 0 Å². The first-order valence-electron chi connectivity index (χ1n) is 10.5. The third kappa shape index (κ3) is 5.40. The molecule has 1 aliphatic heterocycles. The van der Waals surface area contributed by atoms with Gasteiger partial charge in [-0.15, -0.1) is 0 Å². The van der Waals surface area contributed by atoms with Gasteiger partial charge in [0.15, 0.2) is 0 Å². The van der Waals surface area contributed by atoms with Crippen molar-refractivity contribution >= 4 is 21.6 Å². The van der Waals surface area contributed by atoms with E-state index in [0.29, 0.717) is 36.4 Å². The standard InChI is InChI=1S/C23H31N3O3S/c1-4-18(3)24-23(27)21-7-5-6-8-22(21)26-15-13-19(14-16-26)25-30(28,29)20-11-9-17(2)10-12-20/h5-12,18-19,25H,4,13-16H2,1-3H3,(H,24,27). The highest BCUT2D eigenvalue weighted by atomic mass is 32.2. The number of hydrogen-bond donors (Lipinski definition) is 2. The maximum Gasteiger partial charge on any atom is 0.253 e. The van der Waals surface area contributed by atoms with E-state index >= 15 is 0 Å². The third-order valence-electron chi connectivity index (χ3n) is 5.63. The predicted octanol–water partition coefficient (Wildman–Crippen LogP) is 3.47. The lowest BCUT2D eigenvalue weighted by Gasteiger charge is -2.34. The Morgan fingerprint density at radius 1 is 1.10 bits per heavy atom. The first-order chi connectivity index (χ1) is 14.3. The fourth-order valence-corrected chi connectivity index (χ4v) is 4.89. The number of nitrogens with zero attached hydrogens (tertiary/aromatic N) is 1. The average Bonchev–Trinajstić information content (AvgIpc) is 2.74. The predicted molar refractivity (Wildman–Crippen MR) is 120 cm³/mol. The molecular formula is C23H31N3O3S. The number of anilines is 1. The number of nitrogens with one attached hydrogen (secondary N) is 2. The maximum absolute atomic E-state index is 12.7. The Morgan fingerprint density at radius 3 is 2.37 bits per heavy atom. The molecule has 2 aromatic carbocycles. The third-order valence-corrected chi connectivity index (χ3v) is 7.16. The molecule has 1 amide bonds. The van der Waals surface area contributed by atoms with E-state index in [0.717, 1.165) is 17.7 Å². The molecule has 2 N–H and O–H groups in total. The van der Waals surface area contributed by atoms with Gasteiger partial charge in [-0.25, -0.2) is 13.1 Å². The number of amides is 1. The molecule has 0 radical (unpaired) electrons. The summed E-state index contributed by atoms with van der Waals surface area (Å²) in [6, 6.07) is 14.5. The molecule has 0 aromatic heterocycles. The molecule has 1 heterocycles. The monoisotopic (exact) mass is 429 g/mol. The van der Waals surface area contributed by atoms with E-state index in [4.69, 9.17) is 0 Å². The fourth-order valence-electron chi connectivity index (χ4n) is 3.59. The molecule has 6 nitrogen and oxygen atoms in total. The molecule has 1 aliphatic rings. The van der Waals surface area contributed by atoms with Crippen molar-refractivity contribution in [2.24, 2.45) is 0 Å². The van der Waals surface area contributed by atoms with Gasteiger partial charge in [0.25, 0.3) is 5.91 Å². The normalized spacial score (nSPS) is 16.3. The van der Waals surface area contributed by atoms with Gasteiger partial charge in [0, 0.05) is 30.9 Å². The minimum Gasteiger partial charge on any atom is -0.371 e. The smallest absolute Gasteiger partial charge is 0.253 e. The molecule has 0 bridgehead atoms. The van der Waals surface area contributed by atoms with Crippen LogP contribution in [0.4, 0.5) is 5.69 Å². The van der Waals surface area contributed by atoms with Crippen molar-refractivity contribution < 1.29 is 13.2 Å². The second-order valence-corrected chi connectivity index (χ2v) is 9.71. The number of para-hydroxylation sites is 1. The first-order valence-corrected chi connectivity index (χ1v) is 12.0. The lowest BCUT2D eigenvalue weighted by molar-refractivity contribution is 0.0939. The summed E-state index contributed by atoms with van der Waals surface area (Å²) in [6.45, 7) is 7.34. The summed E-state index contributed by atoms with van der Waals surface area (Å²) in [5.41, 5.74) is 2.59. The van der Waals surface area contributed by atoms with Crippen molar-refractivity contribution in [2.45, 2.75) is 57.0 Å². The van der Waals surface area contributed by atoms with E-state index in [-0.39, 0.29) is 18.0 Å². The van der Waals surface area contributed by atoms with Crippen molar-refractivity contribution in [3.05, 3.63) is 59.7 Å². The van der Waals surface area contributed by atoms with Crippen LogP contribution in [0, 0.1) is 6.92 Å². The van der Waals surface area contributed by atoms with Gasteiger partial charge in [-0.05, 0) is 57.4 Å². The highest BCUT2D eigenvalue weighted by Crippen LogP contribution is 2.25. The quantitative estimate of drug-likeness (QED) is 0.706. The van der Waals surface area contributed by atoms with Gasteiger partial charge >= 0.3 is 0 Å². The van der Waals surface area contributed by atoms with Gasteiger partial charge in [0.05, 0.1) is 10.5 Å². The Kier molecular flexibility index (Phi) is 7.15. The highest BCUT2D eigenvalue weighted by Gasteiger charge is 2.26. The van der Waals surface area contributed by atoms with Gasteiger partial charge < -0.3 is 10.2 Å². The van der Waals surface area contributed by atoms with Crippen LogP contribution in [-0.4, -0.2) is 39.5 Å². The number of sulfonamides is 1. The molecule has 30 heavy (non-hydrogen) atoms. The second-order valence-electron chi connectivity index (χ2n) is 8.00. The molecule has 7 heteroatoms. The van der Waals surface area contributed by atoms with Gasteiger partial charge in [-0.1, -0.05) is 36.8 Å². The van der Waals surface area contributed by atoms with Crippen LogP contribution in [0.1, 0.15) is 49.0 Å². The summed E-state index contributed by atoms with van der Waals surface area (Å²) < 4.78 is 28.2. The summed E-state index contributed by atoms with van der Waals surface area (Å²) in [4.78, 5) is 15.1.